The highest BCUT2D eigenvalue weighted by Gasteiger charge is 2.32. The fourth-order valence-electron chi connectivity index (χ4n) is 7.38. The van der Waals surface area contributed by atoms with E-state index in [9.17, 15) is 27.5 Å². The Hall–Kier alpha value is -7.75. The second-order valence-electron chi connectivity index (χ2n) is 17.7. The molecular formula is C51H54F4N16O4S2. The van der Waals surface area contributed by atoms with Crippen LogP contribution in [0.3, 0.4) is 0 Å². The van der Waals surface area contributed by atoms with Gasteiger partial charge in [0.1, 0.15) is 56.4 Å². The van der Waals surface area contributed by atoms with Gasteiger partial charge in [0.2, 0.25) is 6.17 Å². The van der Waals surface area contributed by atoms with Crippen molar-refractivity contribution < 1.29 is 36.9 Å². The van der Waals surface area contributed by atoms with Gasteiger partial charge in [0.05, 0.1) is 56.6 Å². The average molecular weight is 1100 g/mol. The van der Waals surface area contributed by atoms with Crippen LogP contribution < -0.4 is 21.7 Å². The van der Waals surface area contributed by atoms with Crippen molar-refractivity contribution in [3.05, 3.63) is 143 Å². The van der Waals surface area contributed by atoms with Gasteiger partial charge >= 0.3 is 6.09 Å². The third-order valence-electron chi connectivity index (χ3n) is 10.9. The van der Waals surface area contributed by atoms with Crippen molar-refractivity contribution in [1.29, 1.82) is 0 Å². The number of alkyl halides is 2. The van der Waals surface area contributed by atoms with Crippen LogP contribution in [-0.2, 0) is 35.4 Å². The maximum atomic E-state index is 14.5. The largest absolute Gasteiger partial charge is 0.443 e. The molecule has 0 spiro atoms. The van der Waals surface area contributed by atoms with E-state index in [4.69, 9.17) is 15.2 Å². The first-order valence-corrected chi connectivity index (χ1v) is 25.8. The fraction of sp³-hybridized carbons (Fsp3) is 0.314. The molecule has 0 aliphatic heterocycles. The summed E-state index contributed by atoms with van der Waals surface area (Å²) >= 11 is 2.94. The highest BCUT2D eigenvalue weighted by atomic mass is 32.1. The number of aliphatic hydroxyl groups is 1. The van der Waals surface area contributed by atoms with E-state index < -0.39 is 30.3 Å². The van der Waals surface area contributed by atoms with Crippen LogP contribution in [0.5, 0.6) is 0 Å². The number of carbonyl (C=O) groups excluding carboxylic acids is 1. The number of anilines is 2. The number of aromatic amines is 1. The molecule has 0 bridgehead atoms. The second-order valence-corrected chi connectivity index (χ2v) is 19.8. The van der Waals surface area contributed by atoms with Crippen LogP contribution in [0.1, 0.15) is 73.1 Å². The van der Waals surface area contributed by atoms with Crippen LogP contribution in [0.15, 0.2) is 97.8 Å². The molecule has 8 heterocycles. The van der Waals surface area contributed by atoms with Crippen molar-refractivity contribution in [3.8, 4) is 0 Å². The molecule has 3 atom stereocenters. The molecule has 0 fully saturated rings. The number of pyridine rings is 2. The van der Waals surface area contributed by atoms with Gasteiger partial charge in [-0.05, 0) is 82.8 Å². The minimum Gasteiger partial charge on any atom is -0.443 e. The summed E-state index contributed by atoms with van der Waals surface area (Å²) in [5, 5.41) is 20.8. The highest BCUT2D eigenvalue weighted by Crippen LogP contribution is 2.29. The maximum absolute atomic E-state index is 14.5. The highest BCUT2D eigenvalue weighted by molar-refractivity contribution is 7.18. The van der Waals surface area contributed by atoms with E-state index in [0.717, 1.165) is 35.3 Å². The molecule has 0 saturated carbocycles. The van der Waals surface area contributed by atoms with E-state index in [1.54, 1.807) is 76.5 Å². The summed E-state index contributed by atoms with van der Waals surface area (Å²) in [5.74, 6) is 0.436. The summed E-state index contributed by atoms with van der Waals surface area (Å²) in [5.41, 5.74) is 9.14. The van der Waals surface area contributed by atoms with E-state index in [2.05, 4.69) is 70.8 Å². The molecule has 10 rings (SSSR count). The van der Waals surface area contributed by atoms with E-state index in [1.807, 2.05) is 24.3 Å². The summed E-state index contributed by atoms with van der Waals surface area (Å²) in [4.78, 5) is 59.4. The Morgan fingerprint density at radius 2 is 1.35 bits per heavy atom. The molecule has 77 heavy (non-hydrogen) atoms. The Morgan fingerprint density at radius 1 is 0.766 bits per heavy atom. The molecule has 0 saturated heterocycles. The second kappa shape index (κ2) is 25.9. The van der Waals surface area contributed by atoms with Crippen molar-refractivity contribution in [1.82, 2.24) is 64.7 Å². The Bertz CT molecular complexity index is 3520. The standard InChI is InChI=1S/C22H20F2N8S.C16H21FN2O4.C13H13FN6S/c23-13-4-3-8-26-17(13)11-27-21-19-22(29-12-28-21)33-18(32-19)7-9-25-10-14(24)20-30-15-5-1-2-6-16(15)31-20;1-5-22-14(20)12(17)13-18-10-8-6-7-9-11(10)19(13)15(21)23-16(2,3)4;14-8-2-1-5-16-9(8)6-17-12-11-13(19-7-18-12)21-10(20-11)3-4-15/h1-6,8,12,14,25H,7,9-11H2,(H,30,31)(H,27,28,29);6-9,12,14,20H,5H2,1-4H3;1-2,5,7H,3-4,6,15H2,(H,17,18,19). The molecular weight excluding hydrogens is 1040 g/mol. The number of ether oxygens (including phenoxy) is 2. The number of aromatic nitrogens is 12. The molecule has 26 heteroatoms. The van der Waals surface area contributed by atoms with E-state index in [-0.39, 0.29) is 43.7 Å². The summed E-state index contributed by atoms with van der Waals surface area (Å²) < 4.78 is 67.7. The Balaban J connectivity index is 0.000000158. The number of carbonyl (C=O) groups is 1. The van der Waals surface area contributed by atoms with Gasteiger partial charge < -0.3 is 41.2 Å². The van der Waals surface area contributed by atoms with Crippen LogP contribution >= 0.6 is 22.7 Å². The number of imidazole rings is 2. The monoisotopic (exact) mass is 1090 g/mol. The SMILES string of the molecule is CCOC(O)C(F)c1nc2ccccc2n1C(=O)OC(C)(C)C.Fc1cccnc1CNc1ncnc2sc(CCNCC(F)c3nc4ccccc4[nH]3)nc12.NCCc1nc2c(NCc3ncccc3F)ncnc2s1. The number of nitrogens with two attached hydrogens (primary N) is 1. The molecule has 0 amide bonds. The number of benzene rings is 2. The number of H-pyrrole nitrogens is 1. The molecule has 3 unspecified atom stereocenters. The number of nitrogens with zero attached hydrogens (tertiary/aromatic N) is 11. The maximum Gasteiger partial charge on any atom is 0.420 e. The van der Waals surface area contributed by atoms with Crippen molar-refractivity contribution in [2.24, 2.45) is 5.73 Å². The molecule has 10 aromatic rings. The average Bonchev–Trinajstić information content (AvgIpc) is 4.28. The zero-order valence-corrected chi connectivity index (χ0v) is 43.8. The smallest absolute Gasteiger partial charge is 0.420 e. The van der Waals surface area contributed by atoms with E-state index >= 15 is 0 Å². The fourth-order valence-corrected chi connectivity index (χ4v) is 9.20. The number of fused-ring (bicyclic) bond motifs is 4. The molecule has 0 aliphatic carbocycles. The minimum absolute atomic E-state index is 0.133. The Morgan fingerprint density at radius 3 is 1.92 bits per heavy atom. The lowest BCUT2D eigenvalue weighted by molar-refractivity contribution is -0.140. The van der Waals surface area contributed by atoms with Crippen LogP contribution in [-0.4, -0.2) is 109 Å². The summed E-state index contributed by atoms with van der Waals surface area (Å²) in [6.07, 6.45) is 1.64. The first kappa shape index (κ1) is 55.5. The van der Waals surface area contributed by atoms with Crippen LogP contribution in [0.25, 0.3) is 42.8 Å². The van der Waals surface area contributed by atoms with Crippen LogP contribution in [0, 0.1) is 11.6 Å². The lowest BCUT2D eigenvalue weighted by atomic mass is 10.2. The third kappa shape index (κ3) is 14.4. The number of hydrogen-bond acceptors (Lipinski definition) is 20. The number of thiazole rings is 2. The predicted octanol–water partition coefficient (Wildman–Crippen LogP) is 8.87. The zero-order valence-electron chi connectivity index (χ0n) is 42.1. The van der Waals surface area contributed by atoms with E-state index in [1.165, 1.54) is 47.5 Å². The zero-order chi connectivity index (χ0) is 54.5. The first-order valence-electron chi connectivity index (χ1n) is 24.2. The van der Waals surface area contributed by atoms with Crippen LogP contribution in [0.4, 0.5) is 34.0 Å². The van der Waals surface area contributed by atoms with Gasteiger partial charge in [0.15, 0.2) is 29.9 Å². The molecule has 20 nitrogen and oxygen atoms in total. The van der Waals surface area contributed by atoms with Crippen molar-refractivity contribution in [2.75, 3.05) is 36.9 Å². The summed E-state index contributed by atoms with van der Waals surface area (Å²) in [6.45, 7) is 8.57. The molecule has 402 valence electrons. The van der Waals surface area contributed by atoms with Gasteiger partial charge in [0.25, 0.3) is 0 Å². The number of para-hydroxylation sites is 4. The van der Waals surface area contributed by atoms with Gasteiger partial charge in [-0.3, -0.25) is 9.97 Å². The lowest BCUT2D eigenvalue weighted by Crippen LogP contribution is -2.30. The van der Waals surface area contributed by atoms with Gasteiger partial charge in [-0.15, -0.1) is 0 Å². The van der Waals surface area contributed by atoms with E-state index in [0.29, 0.717) is 76.8 Å². The normalized spacial score (nSPS) is 12.7. The van der Waals surface area contributed by atoms with Crippen molar-refractivity contribution >= 4 is 83.2 Å². The Kier molecular flexibility index (Phi) is 18.6. The summed E-state index contributed by atoms with van der Waals surface area (Å²) in [6, 6.07) is 20.0. The number of hydrogen-bond donors (Lipinski definition) is 6. The summed E-state index contributed by atoms with van der Waals surface area (Å²) in [7, 11) is 0. The number of halogens is 4. The molecule has 7 N–H and O–H groups in total. The molecule has 0 aliphatic rings. The quantitative estimate of drug-likeness (QED) is 0.0266. The number of nitrogens with one attached hydrogen (secondary N) is 4. The number of aliphatic hydroxyl groups excluding tert-OH is 1. The van der Waals surface area contributed by atoms with Gasteiger partial charge in [-0.2, -0.15) is 0 Å². The minimum atomic E-state index is -1.98. The Labute approximate surface area is 446 Å². The van der Waals surface area contributed by atoms with Crippen molar-refractivity contribution in [2.45, 2.75) is 77.9 Å². The lowest BCUT2D eigenvalue weighted by Gasteiger charge is -2.21. The predicted molar refractivity (Wildman–Crippen MR) is 286 cm³/mol. The topological polar surface area (TPSA) is 267 Å². The van der Waals surface area contributed by atoms with Gasteiger partial charge in [-0.1, -0.05) is 46.9 Å². The van der Waals surface area contributed by atoms with Gasteiger partial charge in [-0.25, -0.2) is 66.8 Å². The number of rotatable bonds is 18. The van der Waals surface area contributed by atoms with Crippen molar-refractivity contribution in [3.63, 3.8) is 0 Å². The third-order valence-corrected chi connectivity index (χ3v) is 12.9. The molecule has 0 radical (unpaired) electrons. The van der Waals surface area contributed by atoms with Gasteiger partial charge in [0, 0.05) is 44.9 Å². The molecule has 8 aromatic heterocycles. The van der Waals surface area contributed by atoms with Crippen LogP contribution in [0.2, 0.25) is 0 Å². The molecule has 2 aromatic carbocycles. The first-order chi connectivity index (χ1) is 37.2.